The van der Waals surface area contributed by atoms with E-state index in [2.05, 4.69) is 22.6 Å². The van der Waals surface area contributed by atoms with E-state index >= 15 is 0 Å². The molecule has 1 saturated heterocycles. The molecule has 0 bridgehead atoms. The highest BCUT2D eigenvalue weighted by atomic mass is 32.1. The molecule has 116 valence electrons. The number of amides is 1. The van der Waals surface area contributed by atoms with Gasteiger partial charge in [-0.2, -0.15) is 11.3 Å². The number of anilines is 2. The minimum absolute atomic E-state index is 0.0566. The molecule has 0 radical (unpaired) electrons. The Kier molecular flexibility index (Phi) is 4.75. The maximum absolute atomic E-state index is 12.2. The van der Waals surface area contributed by atoms with Crippen LogP contribution in [0.25, 0.3) is 0 Å². The fourth-order valence-electron chi connectivity index (χ4n) is 2.68. The predicted octanol–water partition coefficient (Wildman–Crippen LogP) is 3.51. The summed E-state index contributed by atoms with van der Waals surface area (Å²) in [7, 11) is 2.16. The maximum Gasteiger partial charge on any atom is 0.256 e. The van der Waals surface area contributed by atoms with Crippen LogP contribution in [0.5, 0.6) is 0 Å². The third kappa shape index (κ3) is 3.67. The molecule has 22 heavy (non-hydrogen) atoms. The Labute approximate surface area is 135 Å². The molecular formula is C17H21N3OS. The Morgan fingerprint density at radius 3 is 2.59 bits per heavy atom. The van der Waals surface area contributed by atoms with Crippen molar-refractivity contribution in [3.05, 3.63) is 46.7 Å². The number of likely N-dealkylation sites (tertiary alicyclic amines) is 1. The average molecular weight is 315 g/mol. The van der Waals surface area contributed by atoms with Crippen LogP contribution in [0.2, 0.25) is 0 Å². The molecule has 5 heteroatoms. The highest BCUT2D eigenvalue weighted by molar-refractivity contribution is 7.08. The number of nitrogens with one attached hydrogen (secondary N) is 2. The number of carbonyl (C=O) groups excluding carboxylic acids is 1. The second-order valence-corrected chi connectivity index (χ2v) is 6.51. The van der Waals surface area contributed by atoms with Crippen LogP contribution in [-0.4, -0.2) is 37.0 Å². The molecule has 0 unspecified atom stereocenters. The summed E-state index contributed by atoms with van der Waals surface area (Å²) in [5, 5.41) is 10.4. The van der Waals surface area contributed by atoms with E-state index in [1.54, 1.807) is 0 Å². The van der Waals surface area contributed by atoms with Crippen LogP contribution in [0.1, 0.15) is 23.2 Å². The zero-order chi connectivity index (χ0) is 15.4. The molecule has 2 heterocycles. The monoisotopic (exact) mass is 315 g/mol. The molecule has 2 aromatic rings. The lowest BCUT2D eigenvalue weighted by molar-refractivity contribution is 0.102. The molecule has 3 rings (SSSR count). The topological polar surface area (TPSA) is 44.4 Å². The standard InChI is InChI=1S/C17H21N3OS/c1-20-9-6-14(7-10-20)18-15-4-2-3-5-16(15)19-17(21)13-8-11-22-12-13/h2-5,8,11-12,14,18H,6-7,9-10H2,1H3,(H,19,21). The number of hydrogen-bond donors (Lipinski definition) is 2. The summed E-state index contributed by atoms with van der Waals surface area (Å²) in [6, 6.07) is 10.2. The molecule has 0 spiro atoms. The molecule has 0 aliphatic carbocycles. The Bertz CT molecular complexity index is 619. The van der Waals surface area contributed by atoms with Crippen molar-refractivity contribution >= 4 is 28.6 Å². The summed E-state index contributed by atoms with van der Waals surface area (Å²) in [6.45, 7) is 2.22. The van der Waals surface area contributed by atoms with Gasteiger partial charge in [-0.05, 0) is 56.6 Å². The number of rotatable bonds is 4. The number of carbonyl (C=O) groups is 1. The number of piperidine rings is 1. The second kappa shape index (κ2) is 6.94. The van der Waals surface area contributed by atoms with Gasteiger partial charge in [0, 0.05) is 11.4 Å². The molecule has 1 amide bonds. The van der Waals surface area contributed by atoms with Gasteiger partial charge in [0.05, 0.1) is 16.9 Å². The summed E-state index contributed by atoms with van der Waals surface area (Å²) in [4.78, 5) is 14.6. The highest BCUT2D eigenvalue weighted by Crippen LogP contribution is 2.25. The van der Waals surface area contributed by atoms with Crippen molar-refractivity contribution in [2.24, 2.45) is 0 Å². The molecule has 4 nitrogen and oxygen atoms in total. The van der Waals surface area contributed by atoms with Gasteiger partial charge in [0.1, 0.15) is 0 Å². The number of nitrogens with zero attached hydrogens (tertiary/aromatic N) is 1. The number of para-hydroxylation sites is 2. The van der Waals surface area contributed by atoms with Gasteiger partial charge < -0.3 is 15.5 Å². The van der Waals surface area contributed by atoms with Crippen molar-refractivity contribution in [1.29, 1.82) is 0 Å². The van der Waals surface area contributed by atoms with Crippen molar-refractivity contribution in [1.82, 2.24) is 4.90 Å². The van der Waals surface area contributed by atoms with Gasteiger partial charge in [-0.3, -0.25) is 4.79 Å². The van der Waals surface area contributed by atoms with Gasteiger partial charge in [-0.1, -0.05) is 12.1 Å². The molecule has 1 aromatic heterocycles. The van der Waals surface area contributed by atoms with Crippen LogP contribution in [-0.2, 0) is 0 Å². The quantitative estimate of drug-likeness (QED) is 0.907. The summed E-state index contributed by atoms with van der Waals surface area (Å²) >= 11 is 1.53. The van der Waals surface area contributed by atoms with E-state index in [9.17, 15) is 4.79 Å². The summed E-state index contributed by atoms with van der Waals surface area (Å²) in [6.07, 6.45) is 2.26. The minimum Gasteiger partial charge on any atom is -0.381 e. The van der Waals surface area contributed by atoms with Gasteiger partial charge >= 0.3 is 0 Å². The molecule has 1 fully saturated rings. The third-order valence-corrected chi connectivity index (χ3v) is 4.72. The van der Waals surface area contributed by atoms with Crippen LogP contribution in [0, 0.1) is 0 Å². The molecule has 0 atom stereocenters. The second-order valence-electron chi connectivity index (χ2n) is 5.73. The van der Waals surface area contributed by atoms with Crippen LogP contribution in [0.3, 0.4) is 0 Å². The first kappa shape index (κ1) is 15.1. The fourth-order valence-corrected chi connectivity index (χ4v) is 3.31. The Balaban J connectivity index is 1.68. The lowest BCUT2D eigenvalue weighted by Crippen LogP contribution is -2.36. The molecule has 2 N–H and O–H groups in total. The normalized spacial score (nSPS) is 16.4. The first-order valence-corrected chi connectivity index (χ1v) is 8.54. The van der Waals surface area contributed by atoms with Crippen LogP contribution in [0.15, 0.2) is 41.1 Å². The Morgan fingerprint density at radius 1 is 1.18 bits per heavy atom. The largest absolute Gasteiger partial charge is 0.381 e. The van der Waals surface area contributed by atoms with Gasteiger partial charge in [0.25, 0.3) is 5.91 Å². The van der Waals surface area contributed by atoms with Gasteiger partial charge in [-0.25, -0.2) is 0 Å². The van der Waals surface area contributed by atoms with E-state index in [0.717, 1.165) is 37.3 Å². The van der Waals surface area contributed by atoms with Crippen molar-refractivity contribution in [2.45, 2.75) is 18.9 Å². The van der Waals surface area contributed by atoms with Gasteiger partial charge in [0.15, 0.2) is 0 Å². The van der Waals surface area contributed by atoms with Gasteiger partial charge in [0.2, 0.25) is 0 Å². The third-order valence-electron chi connectivity index (χ3n) is 4.04. The van der Waals surface area contributed by atoms with E-state index in [1.165, 1.54) is 11.3 Å². The SMILES string of the molecule is CN1CCC(Nc2ccccc2NC(=O)c2ccsc2)CC1. The zero-order valence-corrected chi connectivity index (χ0v) is 13.5. The molecule has 0 saturated carbocycles. The van der Waals surface area contributed by atoms with E-state index in [0.29, 0.717) is 11.6 Å². The number of thiophene rings is 1. The van der Waals surface area contributed by atoms with Gasteiger partial charge in [-0.15, -0.1) is 0 Å². The Morgan fingerprint density at radius 2 is 1.91 bits per heavy atom. The zero-order valence-electron chi connectivity index (χ0n) is 12.7. The van der Waals surface area contributed by atoms with E-state index in [-0.39, 0.29) is 5.91 Å². The molecule has 1 aliphatic heterocycles. The highest BCUT2D eigenvalue weighted by Gasteiger charge is 2.17. The summed E-state index contributed by atoms with van der Waals surface area (Å²) in [5.41, 5.74) is 2.55. The Hall–Kier alpha value is -1.85. The first-order valence-electron chi connectivity index (χ1n) is 7.60. The van der Waals surface area contributed by atoms with Crippen LogP contribution < -0.4 is 10.6 Å². The fraction of sp³-hybridized carbons (Fsp3) is 0.353. The molecule has 1 aliphatic rings. The first-order chi connectivity index (χ1) is 10.7. The molecular weight excluding hydrogens is 294 g/mol. The van der Waals surface area contributed by atoms with E-state index in [4.69, 9.17) is 0 Å². The predicted molar refractivity (Wildman–Crippen MR) is 92.9 cm³/mol. The van der Waals surface area contributed by atoms with Crippen molar-refractivity contribution in [2.75, 3.05) is 30.8 Å². The van der Waals surface area contributed by atoms with E-state index < -0.39 is 0 Å². The smallest absolute Gasteiger partial charge is 0.256 e. The van der Waals surface area contributed by atoms with Crippen LogP contribution in [0.4, 0.5) is 11.4 Å². The van der Waals surface area contributed by atoms with Crippen molar-refractivity contribution in [3.8, 4) is 0 Å². The van der Waals surface area contributed by atoms with Crippen molar-refractivity contribution < 1.29 is 4.79 Å². The summed E-state index contributed by atoms with van der Waals surface area (Å²) < 4.78 is 0. The average Bonchev–Trinajstić information content (AvgIpc) is 3.06. The van der Waals surface area contributed by atoms with Crippen LogP contribution >= 0.6 is 11.3 Å². The number of hydrogen-bond acceptors (Lipinski definition) is 4. The minimum atomic E-state index is -0.0566. The maximum atomic E-state index is 12.2. The molecule has 1 aromatic carbocycles. The lowest BCUT2D eigenvalue weighted by Gasteiger charge is -2.30. The lowest BCUT2D eigenvalue weighted by atomic mass is 10.0. The number of benzene rings is 1. The summed E-state index contributed by atoms with van der Waals surface area (Å²) in [5.74, 6) is -0.0566. The van der Waals surface area contributed by atoms with E-state index in [1.807, 2.05) is 41.1 Å². The van der Waals surface area contributed by atoms with Crippen molar-refractivity contribution in [3.63, 3.8) is 0 Å².